The normalized spacial score (nSPS) is 12.1. The largest absolute Gasteiger partial charge is 0.331 e. The lowest BCUT2D eigenvalue weighted by Crippen LogP contribution is -2.27. The quantitative estimate of drug-likeness (QED) is 0.851. The van der Waals surface area contributed by atoms with Gasteiger partial charge in [0.2, 0.25) is 0 Å². The molecule has 0 bridgehead atoms. The molecule has 3 heteroatoms. The minimum atomic E-state index is -0.0966. The summed E-state index contributed by atoms with van der Waals surface area (Å²) in [6.45, 7) is 6.50. The molecule has 0 saturated heterocycles. The highest BCUT2D eigenvalue weighted by Gasteiger charge is 2.08. The Morgan fingerprint density at radius 3 is 2.53 bits per heavy atom. The predicted octanol–water partition coefficient (Wildman–Crippen LogP) is 3.60. The molecule has 0 fully saturated rings. The molecule has 1 N–H and O–H groups in total. The summed E-state index contributed by atoms with van der Waals surface area (Å²) >= 11 is 0. The summed E-state index contributed by atoms with van der Waals surface area (Å²) in [5.41, 5.74) is 3.44. The molecule has 0 spiro atoms. The van der Waals surface area contributed by atoms with E-state index in [0.717, 1.165) is 12.1 Å². The summed E-state index contributed by atoms with van der Waals surface area (Å²) in [5, 5.41) is 2.85. The third kappa shape index (κ3) is 3.48. The van der Waals surface area contributed by atoms with Gasteiger partial charge in [0.1, 0.15) is 0 Å². The van der Waals surface area contributed by atoms with Crippen molar-refractivity contribution in [2.45, 2.75) is 33.1 Å². The van der Waals surface area contributed by atoms with Crippen LogP contribution in [0.3, 0.4) is 0 Å². The van der Waals surface area contributed by atoms with Gasteiger partial charge < -0.3 is 10.2 Å². The van der Waals surface area contributed by atoms with Gasteiger partial charge in [0.05, 0.1) is 0 Å². The van der Waals surface area contributed by atoms with Crippen LogP contribution >= 0.6 is 0 Å². The number of nitrogens with zero attached hydrogens (tertiary/aromatic N) is 1. The number of urea groups is 1. The average Bonchev–Trinajstić information content (AvgIpc) is 2.28. The van der Waals surface area contributed by atoms with E-state index in [1.54, 1.807) is 14.1 Å². The molecule has 17 heavy (non-hydrogen) atoms. The first kappa shape index (κ1) is 13.6. The lowest BCUT2D eigenvalue weighted by molar-refractivity contribution is 0.230. The fourth-order valence-corrected chi connectivity index (χ4v) is 1.76. The first-order valence-corrected chi connectivity index (χ1v) is 6.04. The molecule has 2 amide bonds. The van der Waals surface area contributed by atoms with Crippen LogP contribution in [0.1, 0.15) is 37.3 Å². The molecule has 1 unspecified atom stereocenters. The third-order valence-electron chi connectivity index (χ3n) is 3.07. The lowest BCUT2D eigenvalue weighted by Gasteiger charge is -2.16. The smallest absolute Gasteiger partial charge is 0.321 e. The van der Waals surface area contributed by atoms with Crippen molar-refractivity contribution >= 4 is 11.7 Å². The second kappa shape index (κ2) is 5.71. The number of rotatable bonds is 3. The summed E-state index contributed by atoms with van der Waals surface area (Å²) in [6.07, 6.45) is 1.13. The van der Waals surface area contributed by atoms with Gasteiger partial charge in [-0.05, 0) is 42.5 Å². The highest BCUT2D eigenvalue weighted by molar-refractivity contribution is 5.89. The van der Waals surface area contributed by atoms with Gasteiger partial charge in [0.15, 0.2) is 0 Å². The molecule has 0 aliphatic carbocycles. The number of anilines is 1. The van der Waals surface area contributed by atoms with Crippen molar-refractivity contribution in [2.24, 2.45) is 0 Å². The minimum Gasteiger partial charge on any atom is -0.331 e. The van der Waals surface area contributed by atoms with Crippen LogP contribution in [0, 0.1) is 6.92 Å². The van der Waals surface area contributed by atoms with Crippen molar-refractivity contribution in [1.29, 1.82) is 0 Å². The molecule has 0 aliphatic rings. The highest BCUT2D eigenvalue weighted by atomic mass is 16.2. The van der Waals surface area contributed by atoms with E-state index in [-0.39, 0.29) is 6.03 Å². The zero-order valence-electron chi connectivity index (χ0n) is 11.4. The highest BCUT2D eigenvalue weighted by Crippen LogP contribution is 2.24. The van der Waals surface area contributed by atoms with Crippen molar-refractivity contribution in [1.82, 2.24) is 4.90 Å². The summed E-state index contributed by atoms with van der Waals surface area (Å²) in [6, 6.07) is 6.01. The topological polar surface area (TPSA) is 32.3 Å². The maximum absolute atomic E-state index is 11.5. The number of carbonyl (C=O) groups excluding carboxylic acids is 1. The molecular formula is C14H22N2O. The molecule has 1 atom stereocenters. The van der Waals surface area contributed by atoms with Gasteiger partial charge in [-0.15, -0.1) is 0 Å². The van der Waals surface area contributed by atoms with Gasteiger partial charge in [-0.2, -0.15) is 0 Å². The van der Waals surface area contributed by atoms with Crippen molar-refractivity contribution in [3.63, 3.8) is 0 Å². The van der Waals surface area contributed by atoms with Crippen LogP contribution in [0.2, 0.25) is 0 Å². The Morgan fingerprint density at radius 1 is 1.41 bits per heavy atom. The van der Waals surface area contributed by atoms with Crippen LogP contribution in [-0.2, 0) is 0 Å². The summed E-state index contributed by atoms with van der Waals surface area (Å²) in [7, 11) is 3.46. The molecule has 1 aromatic carbocycles. The molecule has 0 radical (unpaired) electrons. The molecule has 0 aromatic heterocycles. The SMILES string of the molecule is CCC(C)c1ccc(NC(=O)N(C)C)cc1C. The Balaban J connectivity index is 2.86. The summed E-state index contributed by atoms with van der Waals surface area (Å²) in [4.78, 5) is 13.0. The molecule has 94 valence electrons. The van der Waals surface area contributed by atoms with E-state index in [4.69, 9.17) is 0 Å². The second-order valence-corrected chi connectivity index (χ2v) is 4.71. The number of amides is 2. The Morgan fingerprint density at radius 2 is 2.06 bits per heavy atom. The van der Waals surface area contributed by atoms with Crippen LogP contribution in [0.4, 0.5) is 10.5 Å². The van der Waals surface area contributed by atoms with Crippen LogP contribution in [0.5, 0.6) is 0 Å². The van der Waals surface area contributed by atoms with E-state index in [2.05, 4.69) is 32.2 Å². The predicted molar refractivity (Wildman–Crippen MR) is 72.6 cm³/mol. The lowest BCUT2D eigenvalue weighted by atomic mass is 9.94. The van der Waals surface area contributed by atoms with Crippen molar-refractivity contribution in [3.05, 3.63) is 29.3 Å². The van der Waals surface area contributed by atoms with Gasteiger partial charge >= 0.3 is 6.03 Å². The van der Waals surface area contributed by atoms with Crippen molar-refractivity contribution in [3.8, 4) is 0 Å². The molecule has 3 nitrogen and oxygen atoms in total. The molecule has 1 aromatic rings. The Bertz CT molecular complexity index is 399. The summed E-state index contributed by atoms with van der Waals surface area (Å²) in [5.74, 6) is 0.564. The zero-order chi connectivity index (χ0) is 13.0. The van der Waals surface area contributed by atoms with Gasteiger partial charge in [-0.1, -0.05) is 19.9 Å². The van der Waals surface area contributed by atoms with Gasteiger partial charge in [0, 0.05) is 19.8 Å². The summed E-state index contributed by atoms with van der Waals surface area (Å²) < 4.78 is 0. The monoisotopic (exact) mass is 234 g/mol. The Kier molecular flexibility index (Phi) is 4.55. The zero-order valence-corrected chi connectivity index (χ0v) is 11.4. The molecular weight excluding hydrogens is 212 g/mol. The van der Waals surface area contributed by atoms with Crippen LogP contribution in [-0.4, -0.2) is 25.0 Å². The van der Waals surface area contributed by atoms with E-state index in [1.165, 1.54) is 16.0 Å². The second-order valence-electron chi connectivity index (χ2n) is 4.71. The maximum atomic E-state index is 11.5. The molecule has 1 rings (SSSR count). The minimum absolute atomic E-state index is 0.0966. The third-order valence-corrected chi connectivity index (χ3v) is 3.07. The molecule has 0 saturated carbocycles. The number of hydrogen-bond donors (Lipinski definition) is 1. The van der Waals surface area contributed by atoms with E-state index >= 15 is 0 Å². The van der Waals surface area contributed by atoms with Crippen LogP contribution < -0.4 is 5.32 Å². The number of nitrogens with one attached hydrogen (secondary N) is 1. The first-order valence-electron chi connectivity index (χ1n) is 6.04. The van der Waals surface area contributed by atoms with E-state index in [9.17, 15) is 4.79 Å². The Labute approximate surface area is 104 Å². The average molecular weight is 234 g/mol. The molecule has 0 aliphatic heterocycles. The number of benzene rings is 1. The van der Waals surface area contributed by atoms with Gasteiger partial charge in [-0.25, -0.2) is 4.79 Å². The van der Waals surface area contributed by atoms with Crippen molar-refractivity contribution in [2.75, 3.05) is 19.4 Å². The van der Waals surface area contributed by atoms with Crippen LogP contribution in [0.15, 0.2) is 18.2 Å². The van der Waals surface area contributed by atoms with Crippen LogP contribution in [0.25, 0.3) is 0 Å². The first-order chi connectivity index (χ1) is 7.95. The van der Waals surface area contributed by atoms with Crippen molar-refractivity contribution < 1.29 is 4.79 Å². The number of hydrogen-bond acceptors (Lipinski definition) is 1. The number of aryl methyl sites for hydroxylation is 1. The fraction of sp³-hybridized carbons (Fsp3) is 0.500. The molecule has 0 heterocycles. The Hall–Kier alpha value is -1.51. The standard InChI is InChI=1S/C14H22N2O/c1-6-10(2)13-8-7-12(9-11(13)3)15-14(17)16(4)5/h7-10H,6H2,1-5H3,(H,15,17). The van der Waals surface area contributed by atoms with E-state index < -0.39 is 0 Å². The van der Waals surface area contributed by atoms with E-state index in [0.29, 0.717) is 5.92 Å². The fourth-order valence-electron chi connectivity index (χ4n) is 1.76. The maximum Gasteiger partial charge on any atom is 0.321 e. The van der Waals surface area contributed by atoms with E-state index in [1.807, 2.05) is 12.1 Å². The van der Waals surface area contributed by atoms with Gasteiger partial charge in [0.25, 0.3) is 0 Å². The van der Waals surface area contributed by atoms with Gasteiger partial charge in [-0.3, -0.25) is 0 Å². The number of carbonyl (C=O) groups is 1.